The Morgan fingerprint density at radius 1 is 1.21 bits per heavy atom. The van der Waals surface area contributed by atoms with Crippen molar-refractivity contribution < 1.29 is 9.18 Å². The molecule has 0 spiro atoms. The number of anilines is 1. The maximum atomic E-state index is 13.2. The van der Waals surface area contributed by atoms with E-state index in [2.05, 4.69) is 37.2 Å². The predicted octanol–water partition coefficient (Wildman–Crippen LogP) is 5.26. The van der Waals surface area contributed by atoms with Crippen molar-refractivity contribution in [2.75, 3.05) is 5.32 Å². The average Bonchev–Trinajstić information content (AvgIpc) is 2.38. The van der Waals surface area contributed by atoms with Crippen LogP contribution in [0.25, 0.3) is 0 Å². The molecule has 2 aromatic rings. The van der Waals surface area contributed by atoms with Crippen LogP contribution >= 0.6 is 43.5 Å². The van der Waals surface area contributed by atoms with Crippen molar-refractivity contribution >= 4 is 55.1 Å². The minimum Gasteiger partial charge on any atom is -0.321 e. The molecular formula is C13H7Br2ClFNO. The van der Waals surface area contributed by atoms with E-state index < -0.39 is 11.7 Å². The topological polar surface area (TPSA) is 29.1 Å². The fraction of sp³-hybridized carbons (Fsp3) is 0. The normalized spacial score (nSPS) is 10.3. The number of benzene rings is 2. The second-order valence-electron chi connectivity index (χ2n) is 3.68. The highest BCUT2D eigenvalue weighted by Gasteiger charge is 2.13. The van der Waals surface area contributed by atoms with Crippen molar-refractivity contribution in [3.8, 4) is 0 Å². The van der Waals surface area contributed by atoms with E-state index in [-0.39, 0.29) is 5.56 Å². The van der Waals surface area contributed by atoms with Crippen LogP contribution in [-0.2, 0) is 0 Å². The highest BCUT2D eigenvalue weighted by Crippen LogP contribution is 2.30. The summed E-state index contributed by atoms with van der Waals surface area (Å²) in [6.07, 6.45) is 0. The van der Waals surface area contributed by atoms with Gasteiger partial charge in [-0.1, -0.05) is 17.7 Å². The van der Waals surface area contributed by atoms with Crippen molar-refractivity contribution in [2.45, 2.75) is 0 Å². The van der Waals surface area contributed by atoms with Crippen LogP contribution in [0.4, 0.5) is 10.1 Å². The van der Waals surface area contributed by atoms with Crippen LogP contribution in [0.5, 0.6) is 0 Å². The molecule has 0 aliphatic carbocycles. The predicted molar refractivity (Wildman–Crippen MR) is 81.2 cm³/mol. The molecule has 2 rings (SSSR count). The molecule has 0 radical (unpaired) electrons. The molecular weight excluding hydrogens is 400 g/mol. The smallest absolute Gasteiger partial charge is 0.256 e. The minimum atomic E-state index is -0.474. The first-order valence-electron chi connectivity index (χ1n) is 5.19. The van der Waals surface area contributed by atoms with Gasteiger partial charge in [0.2, 0.25) is 0 Å². The third-order valence-electron chi connectivity index (χ3n) is 2.37. The lowest BCUT2D eigenvalue weighted by atomic mass is 10.2. The molecule has 0 saturated heterocycles. The number of rotatable bonds is 2. The highest BCUT2D eigenvalue weighted by atomic mass is 79.9. The summed E-state index contributed by atoms with van der Waals surface area (Å²) in [4.78, 5) is 12.1. The summed E-state index contributed by atoms with van der Waals surface area (Å²) in [5.41, 5.74) is 0.737. The first kappa shape index (κ1) is 14.5. The summed E-state index contributed by atoms with van der Waals surface area (Å²) < 4.78 is 14.3. The molecule has 6 heteroatoms. The molecule has 0 unspecified atom stereocenters. The number of hydrogen-bond acceptors (Lipinski definition) is 1. The molecule has 0 fully saturated rings. The van der Waals surface area contributed by atoms with Gasteiger partial charge in [0.25, 0.3) is 5.91 Å². The molecule has 0 bridgehead atoms. The van der Waals surface area contributed by atoms with Gasteiger partial charge in [-0.15, -0.1) is 0 Å². The number of amides is 1. The third-order valence-corrected chi connectivity index (χ3v) is 4.46. The fourth-order valence-electron chi connectivity index (χ4n) is 1.46. The Labute approximate surface area is 131 Å². The zero-order valence-corrected chi connectivity index (χ0v) is 13.3. The molecule has 0 aliphatic rings. The van der Waals surface area contributed by atoms with Gasteiger partial charge in [0, 0.05) is 4.47 Å². The van der Waals surface area contributed by atoms with Gasteiger partial charge in [-0.05, 0) is 62.2 Å². The minimum absolute atomic E-state index is 0.215. The van der Waals surface area contributed by atoms with E-state index >= 15 is 0 Å². The molecule has 2 nitrogen and oxygen atoms in total. The highest BCUT2D eigenvalue weighted by molar-refractivity contribution is 9.11. The monoisotopic (exact) mass is 405 g/mol. The molecule has 0 atom stereocenters. The van der Waals surface area contributed by atoms with Gasteiger partial charge in [-0.3, -0.25) is 4.79 Å². The zero-order valence-electron chi connectivity index (χ0n) is 9.38. The van der Waals surface area contributed by atoms with Crippen LogP contribution in [0.1, 0.15) is 10.4 Å². The zero-order chi connectivity index (χ0) is 14.0. The van der Waals surface area contributed by atoms with Crippen LogP contribution in [0, 0.1) is 5.82 Å². The fourth-order valence-corrected chi connectivity index (χ4v) is 2.43. The Morgan fingerprint density at radius 3 is 2.68 bits per heavy atom. The van der Waals surface area contributed by atoms with E-state index in [9.17, 15) is 9.18 Å². The van der Waals surface area contributed by atoms with Crippen molar-refractivity contribution in [1.82, 2.24) is 0 Å². The molecule has 2 aromatic carbocycles. The summed E-state index contributed by atoms with van der Waals surface area (Å²) in [7, 11) is 0. The standard InChI is InChI=1S/C13H7Br2ClFNO/c14-9-5-4-7(17)6-8(9)13(19)18-11-3-1-2-10(16)12(11)15/h1-6H,(H,18,19). The van der Waals surface area contributed by atoms with Gasteiger partial charge in [-0.25, -0.2) is 4.39 Å². The third kappa shape index (κ3) is 3.35. The lowest BCUT2D eigenvalue weighted by molar-refractivity contribution is 0.102. The summed E-state index contributed by atoms with van der Waals surface area (Å²) in [5, 5.41) is 3.15. The lowest BCUT2D eigenvalue weighted by Crippen LogP contribution is -2.13. The van der Waals surface area contributed by atoms with Crippen molar-refractivity contribution in [2.24, 2.45) is 0 Å². The number of carbonyl (C=O) groups excluding carboxylic acids is 1. The van der Waals surface area contributed by atoms with Gasteiger partial charge in [-0.2, -0.15) is 0 Å². The van der Waals surface area contributed by atoms with Crippen LogP contribution < -0.4 is 5.32 Å². The number of hydrogen-bond donors (Lipinski definition) is 1. The van der Waals surface area contributed by atoms with E-state index in [1.807, 2.05) is 0 Å². The largest absolute Gasteiger partial charge is 0.321 e. The summed E-state index contributed by atoms with van der Waals surface area (Å²) in [6.45, 7) is 0. The molecule has 0 saturated carbocycles. The van der Waals surface area contributed by atoms with E-state index in [1.165, 1.54) is 12.1 Å². The molecule has 0 aromatic heterocycles. The van der Waals surface area contributed by atoms with Gasteiger partial charge in [0.05, 0.1) is 20.7 Å². The summed E-state index contributed by atoms with van der Waals surface area (Å²) >= 11 is 12.4. The second kappa shape index (κ2) is 6.03. The van der Waals surface area contributed by atoms with E-state index in [4.69, 9.17) is 11.6 Å². The van der Waals surface area contributed by atoms with Crippen molar-refractivity contribution in [1.29, 1.82) is 0 Å². The summed E-state index contributed by atoms with van der Waals surface area (Å²) in [6, 6.07) is 9.02. The number of halogens is 4. The summed E-state index contributed by atoms with van der Waals surface area (Å²) in [5.74, 6) is -0.896. The first-order valence-corrected chi connectivity index (χ1v) is 7.16. The van der Waals surface area contributed by atoms with Crippen molar-refractivity contribution in [3.05, 3.63) is 61.7 Å². The number of carbonyl (C=O) groups is 1. The van der Waals surface area contributed by atoms with Crippen LogP contribution in [0.2, 0.25) is 5.02 Å². The Balaban J connectivity index is 2.31. The van der Waals surface area contributed by atoms with E-state index in [1.54, 1.807) is 18.2 Å². The molecule has 19 heavy (non-hydrogen) atoms. The Morgan fingerprint density at radius 2 is 1.95 bits per heavy atom. The van der Waals surface area contributed by atoms with Gasteiger partial charge >= 0.3 is 0 Å². The SMILES string of the molecule is O=C(Nc1cccc(Cl)c1Br)c1cc(F)ccc1Br. The molecule has 0 heterocycles. The van der Waals surface area contributed by atoms with E-state index in [0.29, 0.717) is 19.7 Å². The first-order chi connectivity index (χ1) is 8.99. The molecule has 1 amide bonds. The van der Waals surface area contributed by atoms with Gasteiger partial charge < -0.3 is 5.32 Å². The van der Waals surface area contributed by atoms with Gasteiger partial charge in [0.15, 0.2) is 0 Å². The van der Waals surface area contributed by atoms with E-state index in [0.717, 1.165) is 6.07 Å². The molecule has 98 valence electrons. The average molecular weight is 407 g/mol. The Hall–Kier alpha value is -0.910. The molecule has 0 aliphatic heterocycles. The lowest BCUT2D eigenvalue weighted by Gasteiger charge is -2.09. The quantitative estimate of drug-likeness (QED) is 0.723. The Kier molecular flexibility index (Phi) is 4.60. The maximum Gasteiger partial charge on any atom is 0.256 e. The van der Waals surface area contributed by atoms with Crippen molar-refractivity contribution in [3.63, 3.8) is 0 Å². The Bertz CT molecular complexity index is 649. The van der Waals surface area contributed by atoms with Gasteiger partial charge in [0.1, 0.15) is 5.82 Å². The van der Waals surface area contributed by atoms with Crippen LogP contribution in [-0.4, -0.2) is 5.91 Å². The molecule has 1 N–H and O–H groups in total. The second-order valence-corrected chi connectivity index (χ2v) is 5.73. The maximum absolute atomic E-state index is 13.2. The van der Waals surface area contributed by atoms with Crippen LogP contribution in [0.3, 0.4) is 0 Å². The van der Waals surface area contributed by atoms with Crippen LogP contribution in [0.15, 0.2) is 45.3 Å². The number of nitrogens with one attached hydrogen (secondary N) is 1.